The first-order valence-electron chi connectivity index (χ1n) is 4.51. The zero-order chi connectivity index (χ0) is 9.72. The van der Waals surface area contributed by atoms with E-state index in [1.165, 1.54) is 0 Å². The van der Waals surface area contributed by atoms with E-state index in [-0.39, 0.29) is 0 Å². The van der Waals surface area contributed by atoms with Gasteiger partial charge in [-0.15, -0.1) is 0 Å². The van der Waals surface area contributed by atoms with Gasteiger partial charge in [-0.1, -0.05) is 0 Å². The van der Waals surface area contributed by atoms with Crippen molar-refractivity contribution >= 4 is 0 Å². The van der Waals surface area contributed by atoms with Crippen molar-refractivity contribution in [3.05, 3.63) is 0 Å². The molecule has 0 rings (SSSR count). The van der Waals surface area contributed by atoms with Gasteiger partial charge in [0.25, 0.3) is 0 Å². The van der Waals surface area contributed by atoms with E-state index < -0.39 is 12.7 Å². The molecule has 12 heavy (non-hydrogen) atoms. The predicted molar refractivity (Wildman–Crippen MR) is 48.5 cm³/mol. The molecule has 0 spiro atoms. The van der Waals surface area contributed by atoms with Crippen molar-refractivity contribution in [3.63, 3.8) is 0 Å². The van der Waals surface area contributed by atoms with Crippen LogP contribution in [0.3, 0.4) is 0 Å². The molecule has 1 atom stereocenters. The Morgan fingerprint density at radius 1 is 1.17 bits per heavy atom. The summed E-state index contributed by atoms with van der Waals surface area (Å²) >= 11 is 0. The van der Waals surface area contributed by atoms with E-state index in [0.717, 1.165) is 0 Å². The van der Waals surface area contributed by atoms with Crippen LogP contribution in [0.25, 0.3) is 0 Å². The van der Waals surface area contributed by atoms with Crippen molar-refractivity contribution in [2.45, 2.75) is 45.9 Å². The molecule has 0 aliphatic carbocycles. The molecule has 3 nitrogen and oxygen atoms in total. The Hall–Kier alpha value is -0.120. The molecule has 3 heteroatoms. The Bertz CT molecular complexity index is 107. The first-order chi connectivity index (χ1) is 5.49. The minimum absolute atomic E-state index is 0.381. The second kappa shape index (κ2) is 5.51. The third-order valence-corrected chi connectivity index (χ3v) is 1.94. The van der Waals surface area contributed by atoms with Gasteiger partial charge in [-0.2, -0.15) is 0 Å². The molecule has 0 heterocycles. The highest BCUT2D eigenvalue weighted by Gasteiger charge is 2.16. The van der Waals surface area contributed by atoms with Gasteiger partial charge < -0.3 is 5.11 Å². The SMILES string of the molecule is CC(C)N(C[C@@H](O)C[O])C(C)C. The van der Waals surface area contributed by atoms with E-state index in [2.05, 4.69) is 32.6 Å². The molecule has 73 valence electrons. The fraction of sp³-hybridized carbons (Fsp3) is 1.00. The van der Waals surface area contributed by atoms with Crippen LogP contribution in [0.2, 0.25) is 0 Å². The van der Waals surface area contributed by atoms with Crippen LogP contribution in [0.15, 0.2) is 0 Å². The topological polar surface area (TPSA) is 43.4 Å². The number of aliphatic hydroxyl groups is 1. The van der Waals surface area contributed by atoms with Gasteiger partial charge in [0, 0.05) is 18.6 Å². The fourth-order valence-corrected chi connectivity index (χ4v) is 1.31. The monoisotopic (exact) mass is 174 g/mol. The lowest BCUT2D eigenvalue weighted by atomic mass is 10.2. The summed E-state index contributed by atoms with van der Waals surface area (Å²) in [6.07, 6.45) is -0.727. The van der Waals surface area contributed by atoms with Gasteiger partial charge >= 0.3 is 0 Å². The Labute approximate surface area is 75.0 Å². The second-order valence-corrected chi connectivity index (χ2v) is 3.70. The van der Waals surface area contributed by atoms with E-state index in [0.29, 0.717) is 18.6 Å². The van der Waals surface area contributed by atoms with Crippen molar-refractivity contribution in [2.75, 3.05) is 13.2 Å². The number of nitrogens with zero attached hydrogens (tertiary/aromatic N) is 1. The molecule has 0 saturated carbocycles. The summed E-state index contributed by atoms with van der Waals surface area (Å²) in [5.41, 5.74) is 0. The molecule has 0 saturated heterocycles. The summed E-state index contributed by atoms with van der Waals surface area (Å²) in [5, 5.41) is 19.5. The number of hydrogen-bond donors (Lipinski definition) is 1. The maximum atomic E-state index is 10.3. The minimum atomic E-state index is -0.727. The maximum Gasteiger partial charge on any atom is 0.109 e. The number of hydrogen-bond acceptors (Lipinski definition) is 2. The lowest BCUT2D eigenvalue weighted by molar-refractivity contribution is 0.0142. The molecule has 0 unspecified atom stereocenters. The number of rotatable bonds is 5. The Balaban J connectivity index is 3.95. The molecule has 1 N–H and O–H groups in total. The highest BCUT2D eigenvalue weighted by atomic mass is 16.3. The summed E-state index contributed by atoms with van der Waals surface area (Å²) in [4.78, 5) is 2.11. The zero-order valence-electron chi connectivity index (χ0n) is 8.45. The highest BCUT2D eigenvalue weighted by Crippen LogP contribution is 2.05. The summed E-state index contributed by atoms with van der Waals surface area (Å²) in [7, 11) is 0. The minimum Gasteiger partial charge on any atom is -0.389 e. The van der Waals surface area contributed by atoms with E-state index in [1.54, 1.807) is 0 Å². The van der Waals surface area contributed by atoms with Crippen molar-refractivity contribution < 1.29 is 10.2 Å². The van der Waals surface area contributed by atoms with Gasteiger partial charge in [-0.05, 0) is 27.7 Å². The van der Waals surface area contributed by atoms with Gasteiger partial charge in [-0.25, -0.2) is 5.11 Å². The van der Waals surface area contributed by atoms with Crippen molar-refractivity contribution in [2.24, 2.45) is 0 Å². The molecule has 0 bridgehead atoms. The maximum absolute atomic E-state index is 10.3. The van der Waals surface area contributed by atoms with Crippen LogP contribution >= 0.6 is 0 Å². The molecule has 0 fully saturated rings. The molecule has 0 aliphatic heterocycles. The molecule has 1 radical (unpaired) electrons. The molecular formula is C9H20NO2. The Morgan fingerprint density at radius 3 is 1.83 bits per heavy atom. The highest BCUT2D eigenvalue weighted by molar-refractivity contribution is 4.70. The quantitative estimate of drug-likeness (QED) is 0.673. The molecular weight excluding hydrogens is 154 g/mol. The lowest BCUT2D eigenvalue weighted by Gasteiger charge is -2.31. The van der Waals surface area contributed by atoms with E-state index in [4.69, 9.17) is 0 Å². The second-order valence-electron chi connectivity index (χ2n) is 3.70. The van der Waals surface area contributed by atoms with Crippen LogP contribution in [0.4, 0.5) is 0 Å². The van der Waals surface area contributed by atoms with E-state index in [9.17, 15) is 10.2 Å². The first kappa shape index (κ1) is 11.9. The van der Waals surface area contributed by atoms with Gasteiger partial charge in [-0.3, -0.25) is 4.90 Å². The van der Waals surface area contributed by atoms with Crippen LogP contribution in [-0.2, 0) is 5.11 Å². The smallest absolute Gasteiger partial charge is 0.109 e. The van der Waals surface area contributed by atoms with Crippen molar-refractivity contribution in [1.82, 2.24) is 4.90 Å². The fourth-order valence-electron chi connectivity index (χ4n) is 1.31. The first-order valence-corrected chi connectivity index (χ1v) is 4.51. The van der Waals surface area contributed by atoms with Crippen LogP contribution in [0.1, 0.15) is 27.7 Å². The summed E-state index contributed by atoms with van der Waals surface area (Å²) < 4.78 is 0. The molecule has 0 aromatic carbocycles. The third-order valence-electron chi connectivity index (χ3n) is 1.94. The van der Waals surface area contributed by atoms with Crippen molar-refractivity contribution in [3.8, 4) is 0 Å². The predicted octanol–water partition coefficient (Wildman–Crippen LogP) is 0.897. The number of aliphatic hydroxyl groups excluding tert-OH is 1. The molecule has 0 aliphatic rings. The average molecular weight is 174 g/mol. The largest absolute Gasteiger partial charge is 0.389 e. The molecule has 0 aromatic rings. The molecule has 0 aromatic heterocycles. The van der Waals surface area contributed by atoms with Crippen LogP contribution in [0.5, 0.6) is 0 Å². The zero-order valence-corrected chi connectivity index (χ0v) is 8.45. The summed E-state index contributed by atoms with van der Waals surface area (Å²) in [5.74, 6) is 0. The summed E-state index contributed by atoms with van der Waals surface area (Å²) in [6.45, 7) is 8.35. The van der Waals surface area contributed by atoms with E-state index >= 15 is 0 Å². The lowest BCUT2D eigenvalue weighted by Crippen LogP contribution is -2.43. The van der Waals surface area contributed by atoms with Crippen LogP contribution in [0, 0.1) is 0 Å². The molecule has 0 amide bonds. The van der Waals surface area contributed by atoms with Gasteiger partial charge in [0.05, 0.1) is 6.10 Å². The third kappa shape index (κ3) is 4.04. The van der Waals surface area contributed by atoms with Gasteiger partial charge in [0.2, 0.25) is 0 Å². The van der Waals surface area contributed by atoms with Crippen molar-refractivity contribution in [1.29, 1.82) is 0 Å². The summed E-state index contributed by atoms with van der Waals surface area (Å²) in [6, 6.07) is 0.761. The van der Waals surface area contributed by atoms with Crippen LogP contribution < -0.4 is 0 Å². The average Bonchev–Trinajstić information content (AvgIpc) is 1.98. The van der Waals surface area contributed by atoms with Gasteiger partial charge in [0.15, 0.2) is 0 Å². The Morgan fingerprint density at radius 2 is 1.58 bits per heavy atom. The Kier molecular flexibility index (Phi) is 5.46. The normalized spacial score (nSPS) is 14.8. The van der Waals surface area contributed by atoms with Crippen LogP contribution in [-0.4, -0.2) is 41.3 Å². The standard InChI is InChI=1S/C9H20NO2/c1-7(2)10(8(3)4)5-9(12)6-11/h7-9,12H,5-6H2,1-4H3/t9-/m1/s1. The van der Waals surface area contributed by atoms with E-state index in [1.807, 2.05) is 0 Å². The van der Waals surface area contributed by atoms with Gasteiger partial charge in [0.1, 0.15) is 6.61 Å².